The fourth-order valence-electron chi connectivity index (χ4n) is 3.21. The number of hydrogen-bond acceptors (Lipinski definition) is 3. The monoisotopic (exact) mass is 319 g/mol. The standard InChI is InChI=1S/C19H29NO3/c1-14(16-8-10-23-11-9-16)18(21)20-19(2,3)13-15-6-5-7-17(12-15)22-4/h5-7,12,14,16H,8-11,13H2,1-4H3,(H,20,21)/t14-/m1/s1. The zero-order chi connectivity index (χ0) is 16.9. The van der Waals surface area contributed by atoms with E-state index < -0.39 is 0 Å². The molecule has 0 saturated carbocycles. The normalized spacial score (nSPS) is 17.6. The van der Waals surface area contributed by atoms with Crippen molar-refractivity contribution in [2.24, 2.45) is 11.8 Å². The molecule has 1 aromatic rings. The second-order valence-corrected chi connectivity index (χ2v) is 7.14. The first-order chi connectivity index (χ1) is 10.9. The number of ether oxygens (including phenoxy) is 2. The van der Waals surface area contributed by atoms with E-state index in [4.69, 9.17) is 9.47 Å². The smallest absolute Gasteiger partial charge is 0.223 e. The predicted molar refractivity (Wildman–Crippen MR) is 91.6 cm³/mol. The van der Waals surface area contributed by atoms with Crippen LogP contribution in [0, 0.1) is 11.8 Å². The quantitative estimate of drug-likeness (QED) is 0.876. The minimum atomic E-state index is -0.289. The fraction of sp³-hybridized carbons (Fsp3) is 0.632. The zero-order valence-electron chi connectivity index (χ0n) is 14.7. The van der Waals surface area contributed by atoms with Crippen molar-refractivity contribution in [3.63, 3.8) is 0 Å². The fourth-order valence-corrected chi connectivity index (χ4v) is 3.21. The van der Waals surface area contributed by atoms with Crippen LogP contribution in [0.1, 0.15) is 39.2 Å². The second kappa shape index (κ2) is 7.82. The summed E-state index contributed by atoms with van der Waals surface area (Å²) in [5.41, 5.74) is 0.872. The average Bonchev–Trinajstić information content (AvgIpc) is 2.54. The van der Waals surface area contributed by atoms with Crippen LogP contribution in [0.4, 0.5) is 0 Å². The molecule has 0 unspecified atom stereocenters. The van der Waals surface area contributed by atoms with Crippen LogP contribution in [0.3, 0.4) is 0 Å². The largest absolute Gasteiger partial charge is 0.497 e. The molecule has 2 rings (SSSR count). The third-order valence-electron chi connectivity index (χ3n) is 4.63. The average molecular weight is 319 g/mol. The van der Waals surface area contributed by atoms with Gasteiger partial charge in [-0.05, 0) is 56.7 Å². The van der Waals surface area contributed by atoms with Crippen LogP contribution in [0.25, 0.3) is 0 Å². The molecule has 0 aliphatic carbocycles. The Morgan fingerprint density at radius 2 is 2.09 bits per heavy atom. The van der Waals surface area contributed by atoms with Crippen molar-refractivity contribution in [2.75, 3.05) is 20.3 Å². The van der Waals surface area contributed by atoms with E-state index in [0.717, 1.165) is 43.8 Å². The minimum Gasteiger partial charge on any atom is -0.497 e. The molecule has 0 bridgehead atoms. The predicted octanol–water partition coefficient (Wildman–Crippen LogP) is 3.20. The summed E-state index contributed by atoms with van der Waals surface area (Å²) in [6.07, 6.45) is 2.73. The Kier molecular flexibility index (Phi) is 6.05. The molecule has 0 aromatic heterocycles. The first-order valence-corrected chi connectivity index (χ1v) is 8.44. The molecule has 0 radical (unpaired) electrons. The maximum absolute atomic E-state index is 12.6. The van der Waals surface area contributed by atoms with Crippen molar-refractivity contribution < 1.29 is 14.3 Å². The number of amides is 1. The van der Waals surface area contributed by atoms with Crippen LogP contribution in [-0.4, -0.2) is 31.8 Å². The Hall–Kier alpha value is -1.55. The second-order valence-electron chi connectivity index (χ2n) is 7.14. The molecule has 1 aromatic carbocycles. The van der Waals surface area contributed by atoms with Crippen LogP contribution in [0.2, 0.25) is 0 Å². The molecule has 1 amide bonds. The van der Waals surface area contributed by atoms with E-state index in [1.807, 2.05) is 25.1 Å². The van der Waals surface area contributed by atoms with Gasteiger partial charge in [0.1, 0.15) is 5.75 Å². The lowest BCUT2D eigenvalue weighted by atomic mass is 9.85. The van der Waals surface area contributed by atoms with Gasteiger partial charge in [-0.3, -0.25) is 4.79 Å². The van der Waals surface area contributed by atoms with Gasteiger partial charge < -0.3 is 14.8 Å². The molecule has 1 saturated heterocycles. The van der Waals surface area contributed by atoms with Gasteiger partial charge in [-0.25, -0.2) is 0 Å². The molecule has 1 atom stereocenters. The van der Waals surface area contributed by atoms with E-state index in [2.05, 4.69) is 25.2 Å². The summed E-state index contributed by atoms with van der Waals surface area (Å²) < 4.78 is 10.7. The first kappa shape index (κ1) is 17.8. The van der Waals surface area contributed by atoms with Gasteiger partial charge in [0, 0.05) is 24.7 Å². The molecule has 1 N–H and O–H groups in total. The Balaban J connectivity index is 1.94. The van der Waals surface area contributed by atoms with Crippen molar-refractivity contribution in [2.45, 2.75) is 45.6 Å². The van der Waals surface area contributed by atoms with Crippen molar-refractivity contribution in [3.8, 4) is 5.75 Å². The van der Waals surface area contributed by atoms with Crippen molar-refractivity contribution in [1.29, 1.82) is 0 Å². The molecule has 4 nitrogen and oxygen atoms in total. The van der Waals surface area contributed by atoms with Gasteiger partial charge >= 0.3 is 0 Å². The highest BCUT2D eigenvalue weighted by Crippen LogP contribution is 2.25. The number of nitrogens with one attached hydrogen (secondary N) is 1. The molecule has 1 aliphatic rings. The van der Waals surface area contributed by atoms with E-state index in [9.17, 15) is 4.79 Å². The Bertz CT molecular complexity index is 521. The number of carbonyl (C=O) groups is 1. The number of methoxy groups -OCH3 is 1. The molecule has 0 spiro atoms. The molecule has 4 heteroatoms. The number of benzene rings is 1. The van der Waals surface area contributed by atoms with Crippen LogP contribution < -0.4 is 10.1 Å². The van der Waals surface area contributed by atoms with Gasteiger partial charge in [0.2, 0.25) is 5.91 Å². The highest BCUT2D eigenvalue weighted by atomic mass is 16.5. The first-order valence-electron chi connectivity index (χ1n) is 8.44. The number of rotatable bonds is 6. The molecule has 1 fully saturated rings. The molecule has 128 valence electrons. The lowest BCUT2D eigenvalue weighted by molar-refractivity contribution is -0.128. The van der Waals surface area contributed by atoms with Gasteiger partial charge in [0.25, 0.3) is 0 Å². The molecule has 23 heavy (non-hydrogen) atoms. The molecule has 1 heterocycles. The topological polar surface area (TPSA) is 47.6 Å². The summed E-state index contributed by atoms with van der Waals surface area (Å²) in [4.78, 5) is 12.6. The van der Waals surface area contributed by atoms with Crippen molar-refractivity contribution in [1.82, 2.24) is 5.32 Å². The van der Waals surface area contributed by atoms with Crippen molar-refractivity contribution in [3.05, 3.63) is 29.8 Å². The SMILES string of the molecule is COc1cccc(CC(C)(C)NC(=O)[C@H](C)C2CCOCC2)c1. The summed E-state index contributed by atoms with van der Waals surface area (Å²) in [7, 11) is 1.67. The summed E-state index contributed by atoms with van der Waals surface area (Å²) in [6.45, 7) is 7.72. The Labute approximate surface area is 139 Å². The maximum atomic E-state index is 12.6. The summed E-state index contributed by atoms with van der Waals surface area (Å²) >= 11 is 0. The third-order valence-corrected chi connectivity index (χ3v) is 4.63. The van der Waals surface area contributed by atoms with E-state index in [1.165, 1.54) is 0 Å². The highest BCUT2D eigenvalue weighted by molar-refractivity contribution is 5.79. The summed E-state index contributed by atoms with van der Waals surface area (Å²) in [5.74, 6) is 1.45. The van der Waals surface area contributed by atoms with Crippen LogP contribution in [0.15, 0.2) is 24.3 Å². The maximum Gasteiger partial charge on any atom is 0.223 e. The Morgan fingerprint density at radius 3 is 2.74 bits per heavy atom. The lowest BCUT2D eigenvalue weighted by Crippen LogP contribution is -2.48. The molecular weight excluding hydrogens is 290 g/mol. The van der Waals surface area contributed by atoms with E-state index in [1.54, 1.807) is 7.11 Å². The highest BCUT2D eigenvalue weighted by Gasteiger charge is 2.29. The molecular formula is C19H29NO3. The van der Waals surface area contributed by atoms with Gasteiger partial charge in [0.15, 0.2) is 0 Å². The van der Waals surface area contributed by atoms with Crippen LogP contribution in [0.5, 0.6) is 5.75 Å². The van der Waals surface area contributed by atoms with E-state index >= 15 is 0 Å². The van der Waals surface area contributed by atoms with Gasteiger partial charge in [0.05, 0.1) is 7.11 Å². The minimum absolute atomic E-state index is 0.0310. The van der Waals surface area contributed by atoms with Gasteiger partial charge in [-0.1, -0.05) is 19.1 Å². The van der Waals surface area contributed by atoms with Crippen LogP contribution >= 0.6 is 0 Å². The van der Waals surface area contributed by atoms with E-state index in [0.29, 0.717) is 5.92 Å². The van der Waals surface area contributed by atoms with Crippen molar-refractivity contribution >= 4 is 5.91 Å². The summed E-state index contributed by atoms with van der Waals surface area (Å²) in [5, 5.41) is 3.22. The third kappa shape index (κ3) is 5.24. The van der Waals surface area contributed by atoms with Crippen LogP contribution in [-0.2, 0) is 16.0 Å². The summed E-state index contributed by atoms with van der Waals surface area (Å²) in [6, 6.07) is 8.01. The van der Waals surface area contributed by atoms with Gasteiger partial charge in [-0.15, -0.1) is 0 Å². The Morgan fingerprint density at radius 1 is 1.39 bits per heavy atom. The number of carbonyl (C=O) groups excluding carboxylic acids is 1. The van der Waals surface area contributed by atoms with Gasteiger partial charge in [-0.2, -0.15) is 0 Å². The number of hydrogen-bond donors (Lipinski definition) is 1. The lowest BCUT2D eigenvalue weighted by Gasteiger charge is -2.32. The van der Waals surface area contributed by atoms with E-state index in [-0.39, 0.29) is 17.4 Å². The zero-order valence-corrected chi connectivity index (χ0v) is 14.7. The molecule has 1 aliphatic heterocycles.